The van der Waals surface area contributed by atoms with Crippen molar-refractivity contribution in [2.75, 3.05) is 44.6 Å². The molecule has 1 aromatic rings. The number of hydrogen-bond acceptors (Lipinski definition) is 4. The van der Waals surface area contributed by atoms with E-state index in [-0.39, 0.29) is 24.0 Å². The molecule has 1 aromatic heterocycles. The predicted octanol–water partition coefficient (Wildman–Crippen LogP) is 2.57. The van der Waals surface area contributed by atoms with Crippen LogP contribution in [0.1, 0.15) is 18.4 Å². The molecule has 0 aromatic carbocycles. The maximum absolute atomic E-state index is 4.40. The highest BCUT2D eigenvalue weighted by atomic mass is 127. The van der Waals surface area contributed by atoms with E-state index >= 15 is 0 Å². The van der Waals surface area contributed by atoms with Gasteiger partial charge in [0, 0.05) is 46.0 Å². The number of pyridine rings is 1. The van der Waals surface area contributed by atoms with Crippen LogP contribution in [0.5, 0.6) is 0 Å². The summed E-state index contributed by atoms with van der Waals surface area (Å²) < 4.78 is 0. The van der Waals surface area contributed by atoms with Crippen molar-refractivity contribution < 1.29 is 0 Å². The molecule has 0 spiro atoms. The first-order valence-electron chi connectivity index (χ1n) is 7.23. The Hall–Kier alpha value is -0.700. The van der Waals surface area contributed by atoms with Crippen LogP contribution in [0.3, 0.4) is 0 Å². The van der Waals surface area contributed by atoms with Gasteiger partial charge in [0.25, 0.3) is 0 Å². The number of unbranched alkanes of at least 4 members (excludes halogenated alkanes) is 1. The zero-order chi connectivity index (χ0) is 15.5. The lowest BCUT2D eigenvalue weighted by atomic mass is 10.2. The predicted molar refractivity (Wildman–Crippen MR) is 110 cm³/mol. The molecule has 0 aliphatic carbocycles. The van der Waals surface area contributed by atoms with Gasteiger partial charge in [0.1, 0.15) is 5.82 Å². The maximum Gasteiger partial charge on any atom is 0.191 e. The molecule has 1 heterocycles. The number of rotatable bonds is 8. The summed E-state index contributed by atoms with van der Waals surface area (Å²) >= 11 is 1.89. The highest BCUT2D eigenvalue weighted by molar-refractivity contribution is 14.0. The molecule has 0 fully saturated rings. The summed E-state index contributed by atoms with van der Waals surface area (Å²) in [5, 5.41) is 6.68. The summed E-state index contributed by atoms with van der Waals surface area (Å²) in [6, 6.07) is 4.05. The SMILES string of the molecule is CN=C(NCCCCSC)NCc1cccnc1N(C)C.I. The molecule has 2 N–H and O–H groups in total. The van der Waals surface area contributed by atoms with Crippen molar-refractivity contribution in [3.8, 4) is 0 Å². The second kappa shape index (κ2) is 12.8. The summed E-state index contributed by atoms with van der Waals surface area (Å²) in [5.74, 6) is 3.04. The fraction of sp³-hybridized carbons (Fsp3) is 0.600. The summed E-state index contributed by atoms with van der Waals surface area (Å²) in [7, 11) is 5.81. The lowest BCUT2D eigenvalue weighted by Gasteiger charge is -2.17. The molecule has 7 heteroatoms. The molecule has 0 saturated heterocycles. The zero-order valence-electron chi connectivity index (χ0n) is 13.9. The van der Waals surface area contributed by atoms with Gasteiger partial charge in [-0.25, -0.2) is 4.98 Å². The van der Waals surface area contributed by atoms with E-state index in [9.17, 15) is 0 Å². The first-order valence-corrected chi connectivity index (χ1v) is 8.63. The average Bonchev–Trinajstić information content (AvgIpc) is 2.50. The van der Waals surface area contributed by atoms with E-state index in [0.29, 0.717) is 6.54 Å². The third-order valence-corrected chi connectivity index (χ3v) is 3.73. The Labute approximate surface area is 155 Å². The second-order valence-electron chi connectivity index (χ2n) is 4.93. The molecule has 0 aliphatic rings. The van der Waals surface area contributed by atoms with Crippen molar-refractivity contribution in [1.82, 2.24) is 15.6 Å². The van der Waals surface area contributed by atoms with E-state index in [1.807, 2.05) is 43.0 Å². The van der Waals surface area contributed by atoms with Crippen molar-refractivity contribution in [2.45, 2.75) is 19.4 Å². The summed E-state index contributed by atoms with van der Waals surface area (Å²) in [5.41, 5.74) is 1.16. The molecule has 0 unspecified atom stereocenters. The fourth-order valence-corrected chi connectivity index (χ4v) is 2.44. The monoisotopic (exact) mass is 437 g/mol. The Morgan fingerprint density at radius 2 is 2.09 bits per heavy atom. The minimum absolute atomic E-state index is 0. The number of nitrogens with zero attached hydrogens (tertiary/aromatic N) is 3. The number of guanidine groups is 1. The molecule has 0 amide bonds. The Morgan fingerprint density at radius 1 is 1.32 bits per heavy atom. The van der Waals surface area contributed by atoms with E-state index in [1.54, 1.807) is 7.05 Å². The number of halogens is 1. The van der Waals surface area contributed by atoms with E-state index in [4.69, 9.17) is 0 Å². The van der Waals surface area contributed by atoms with Crippen LogP contribution >= 0.6 is 35.7 Å². The number of anilines is 1. The van der Waals surface area contributed by atoms with Gasteiger partial charge >= 0.3 is 0 Å². The van der Waals surface area contributed by atoms with E-state index in [0.717, 1.165) is 30.3 Å². The number of thioether (sulfide) groups is 1. The summed E-state index contributed by atoms with van der Waals surface area (Å²) in [4.78, 5) is 10.7. The van der Waals surface area contributed by atoms with Crippen molar-refractivity contribution in [1.29, 1.82) is 0 Å². The van der Waals surface area contributed by atoms with Gasteiger partial charge in [-0.3, -0.25) is 4.99 Å². The van der Waals surface area contributed by atoms with Gasteiger partial charge in [-0.2, -0.15) is 11.8 Å². The van der Waals surface area contributed by atoms with Crippen molar-refractivity contribution in [3.05, 3.63) is 23.9 Å². The molecular weight excluding hydrogens is 409 g/mol. The van der Waals surface area contributed by atoms with Crippen molar-refractivity contribution in [3.63, 3.8) is 0 Å². The Kier molecular flexibility index (Phi) is 12.4. The second-order valence-corrected chi connectivity index (χ2v) is 5.92. The van der Waals surface area contributed by atoms with Crippen molar-refractivity contribution >= 4 is 47.5 Å². The highest BCUT2D eigenvalue weighted by Crippen LogP contribution is 2.13. The lowest BCUT2D eigenvalue weighted by Crippen LogP contribution is -2.37. The molecule has 5 nitrogen and oxygen atoms in total. The minimum atomic E-state index is 0. The first kappa shape index (κ1) is 21.3. The Balaban J connectivity index is 0.00000441. The molecule has 0 radical (unpaired) electrons. The van der Waals surface area contributed by atoms with Crippen LogP contribution in [0.25, 0.3) is 0 Å². The molecule has 0 atom stereocenters. The highest BCUT2D eigenvalue weighted by Gasteiger charge is 2.05. The van der Waals surface area contributed by atoms with Crippen molar-refractivity contribution in [2.24, 2.45) is 4.99 Å². The van der Waals surface area contributed by atoms with E-state index < -0.39 is 0 Å². The minimum Gasteiger partial charge on any atom is -0.362 e. The van der Waals surface area contributed by atoms with Gasteiger partial charge in [0.2, 0.25) is 0 Å². The molecule has 0 saturated carbocycles. The van der Waals surface area contributed by atoms with Gasteiger partial charge in [-0.15, -0.1) is 24.0 Å². The topological polar surface area (TPSA) is 52.6 Å². The van der Waals surface area contributed by atoms with Crippen LogP contribution in [0, 0.1) is 0 Å². The van der Waals surface area contributed by atoms with Crippen LogP contribution in [0.15, 0.2) is 23.3 Å². The van der Waals surface area contributed by atoms with Gasteiger partial charge in [0.15, 0.2) is 5.96 Å². The maximum atomic E-state index is 4.40. The molecule has 22 heavy (non-hydrogen) atoms. The van der Waals surface area contributed by atoms with Gasteiger partial charge in [0.05, 0.1) is 0 Å². The quantitative estimate of drug-likeness (QED) is 0.284. The number of aliphatic imine (C=N–C) groups is 1. The fourth-order valence-electron chi connectivity index (χ4n) is 1.95. The average molecular weight is 437 g/mol. The molecule has 126 valence electrons. The number of hydrogen-bond donors (Lipinski definition) is 2. The third-order valence-electron chi connectivity index (χ3n) is 3.03. The van der Waals surface area contributed by atoms with Crippen LogP contribution in [-0.2, 0) is 6.54 Å². The molecule has 1 rings (SSSR count). The Bertz CT molecular complexity index is 440. The number of nitrogens with one attached hydrogen (secondary N) is 2. The molecular formula is C15H28IN5S. The number of aromatic nitrogens is 1. The normalized spacial score (nSPS) is 10.8. The lowest BCUT2D eigenvalue weighted by molar-refractivity contribution is 0.732. The van der Waals surface area contributed by atoms with E-state index in [2.05, 4.69) is 32.9 Å². The smallest absolute Gasteiger partial charge is 0.191 e. The Morgan fingerprint density at radius 3 is 2.73 bits per heavy atom. The standard InChI is InChI=1S/C15H27N5S.HI/c1-16-15(18-9-5-6-11-21-4)19-12-13-8-7-10-17-14(13)20(2)3;/h7-8,10H,5-6,9,11-12H2,1-4H3,(H2,16,18,19);1H. The molecule has 0 aliphatic heterocycles. The summed E-state index contributed by atoms with van der Waals surface area (Å²) in [6.45, 7) is 1.67. The van der Waals surface area contributed by atoms with Gasteiger partial charge < -0.3 is 15.5 Å². The van der Waals surface area contributed by atoms with Gasteiger partial charge in [-0.05, 0) is 30.9 Å². The van der Waals surface area contributed by atoms with Crippen LogP contribution in [0.2, 0.25) is 0 Å². The van der Waals surface area contributed by atoms with Gasteiger partial charge in [-0.1, -0.05) is 6.07 Å². The largest absolute Gasteiger partial charge is 0.362 e. The summed E-state index contributed by atoms with van der Waals surface area (Å²) in [6.07, 6.45) is 6.36. The molecule has 0 bridgehead atoms. The zero-order valence-corrected chi connectivity index (χ0v) is 17.1. The van der Waals surface area contributed by atoms with Crippen LogP contribution < -0.4 is 15.5 Å². The van der Waals surface area contributed by atoms with E-state index in [1.165, 1.54) is 12.2 Å². The van der Waals surface area contributed by atoms with Crippen LogP contribution in [0.4, 0.5) is 5.82 Å². The van der Waals surface area contributed by atoms with Crippen LogP contribution in [-0.4, -0.2) is 50.6 Å². The third kappa shape index (κ3) is 8.07. The first-order chi connectivity index (χ1) is 10.2.